The summed E-state index contributed by atoms with van der Waals surface area (Å²) in [5.41, 5.74) is 0. The number of ether oxygens (including phenoxy) is 1. The minimum absolute atomic E-state index is 0.253. The van der Waals surface area contributed by atoms with Crippen molar-refractivity contribution in [2.45, 2.75) is 129 Å². The second kappa shape index (κ2) is 21.0. The van der Waals surface area contributed by atoms with Gasteiger partial charge in [-0.25, -0.2) is 0 Å². The van der Waals surface area contributed by atoms with E-state index >= 15 is 0 Å². The molecule has 0 unspecified atom stereocenters. The molecule has 0 saturated heterocycles. The maximum atomic E-state index is 9.67. The molecule has 0 bridgehead atoms. The average molecular weight is 343 g/mol. The first-order chi connectivity index (χ1) is 11.8. The summed E-state index contributed by atoms with van der Waals surface area (Å²) in [4.78, 5) is 0. The van der Waals surface area contributed by atoms with E-state index in [2.05, 4.69) is 6.92 Å². The first-order valence-corrected chi connectivity index (χ1v) is 11.1. The fourth-order valence-electron chi connectivity index (χ4n) is 3.27. The summed E-state index contributed by atoms with van der Waals surface area (Å²) in [6.45, 7) is 5.47. The lowest BCUT2D eigenvalue weighted by Crippen LogP contribution is -2.14. The van der Waals surface area contributed by atoms with Crippen LogP contribution in [0.2, 0.25) is 0 Å². The van der Waals surface area contributed by atoms with Crippen LogP contribution in [0.15, 0.2) is 0 Å². The van der Waals surface area contributed by atoms with Crippen molar-refractivity contribution in [1.82, 2.24) is 0 Å². The van der Waals surface area contributed by atoms with Crippen LogP contribution in [0.25, 0.3) is 0 Å². The molecule has 1 atom stereocenters. The quantitative estimate of drug-likeness (QED) is 0.240. The van der Waals surface area contributed by atoms with E-state index in [-0.39, 0.29) is 6.10 Å². The van der Waals surface area contributed by atoms with Crippen LogP contribution < -0.4 is 0 Å². The molecule has 1 N–H and O–H groups in total. The Morgan fingerprint density at radius 2 is 0.958 bits per heavy atom. The lowest BCUT2D eigenvalue weighted by atomic mass is 10.0. The molecule has 0 aliphatic heterocycles. The molecular formula is C22H46O2. The molecule has 0 rings (SSSR count). The lowest BCUT2D eigenvalue weighted by Gasteiger charge is -2.09. The van der Waals surface area contributed by atoms with Gasteiger partial charge in [0.15, 0.2) is 0 Å². The van der Waals surface area contributed by atoms with E-state index in [0.717, 1.165) is 12.8 Å². The van der Waals surface area contributed by atoms with E-state index in [9.17, 15) is 5.11 Å². The zero-order valence-corrected chi connectivity index (χ0v) is 16.9. The van der Waals surface area contributed by atoms with Gasteiger partial charge < -0.3 is 9.84 Å². The van der Waals surface area contributed by atoms with Gasteiger partial charge in [-0.1, -0.05) is 110 Å². The maximum absolute atomic E-state index is 9.67. The van der Waals surface area contributed by atoms with Crippen LogP contribution >= 0.6 is 0 Å². The molecule has 0 amide bonds. The van der Waals surface area contributed by atoms with Crippen LogP contribution in [0.5, 0.6) is 0 Å². The largest absolute Gasteiger partial charge is 0.391 e. The molecule has 0 aliphatic carbocycles. The second-order valence-electron chi connectivity index (χ2n) is 7.41. The van der Waals surface area contributed by atoms with Gasteiger partial charge in [-0.15, -0.1) is 0 Å². The third kappa shape index (κ3) is 20.0. The molecule has 0 heterocycles. The number of aliphatic hydroxyl groups excluding tert-OH is 1. The third-order valence-corrected chi connectivity index (χ3v) is 4.91. The molecule has 0 saturated carbocycles. The topological polar surface area (TPSA) is 29.5 Å². The number of rotatable bonds is 20. The minimum atomic E-state index is -0.253. The van der Waals surface area contributed by atoms with Crippen molar-refractivity contribution in [3.05, 3.63) is 0 Å². The van der Waals surface area contributed by atoms with Gasteiger partial charge in [-0.3, -0.25) is 0 Å². The molecule has 2 nitrogen and oxygen atoms in total. The summed E-state index contributed by atoms with van der Waals surface area (Å²) in [6.07, 6.45) is 23.0. The standard InChI is InChI=1S/C22H46O2/c1-3-5-6-7-8-9-10-11-12-13-14-15-16-17-18-19-20-22(23)21-24-4-2/h22-23H,3-21H2,1-2H3/t22-/m0/s1. The zero-order valence-electron chi connectivity index (χ0n) is 16.9. The van der Waals surface area contributed by atoms with Crippen molar-refractivity contribution < 1.29 is 9.84 Å². The predicted octanol–water partition coefficient (Wildman–Crippen LogP) is 7.04. The number of hydrogen-bond acceptors (Lipinski definition) is 2. The van der Waals surface area contributed by atoms with Crippen molar-refractivity contribution in [3.63, 3.8) is 0 Å². The summed E-state index contributed by atoms with van der Waals surface area (Å²) < 4.78 is 5.22. The van der Waals surface area contributed by atoms with E-state index in [0.29, 0.717) is 13.2 Å². The summed E-state index contributed by atoms with van der Waals surface area (Å²) in [7, 11) is 0. The van der Waals surface area contributed by atoms with Crippen molar-refractivity contribution in [2.75, 3.05) is 13.2 Å². The lowest BCUT2D eigenvalue weighted by molar-refractivity contribution is 0.0368. The number of unbranched alkanes of at least 4 members (excludes halogenated alkanes) is 15. The molecular weight excluding hydrogens is 296 g/mol. The zero-order chi connectivity index (χ0) is 17.7. The Balaban J connectivity index is 3.02. The second-order valence-corrected chi connectivity index (χ2v) is 7.41. The Morgan fingerprint density at radius 1 is 0.583 bits per heavy atom. The van der Waals surface area contributed by atoms with Crippen LogP contribution in [-0.2, 0) is 4.74 Å². The van der Waals surface area contributed by atoms with Gasteiger partial charge in [0, 0.05) is 6.61 Å². The molecule has 0 aromatic rings. The van der Waals surface area contributed by atoms with Crippen LogP contribution in [0, 0.1) is 0 Å². The van der Waals surface area contributed by atoms with Crippen LogP contribution in [0.4, 0.5) is 0 Å². The van der Waals surface area contributed by atoms with Crippen molar-refractivity contribution >= 4 is 0 Å². The van der Waals surface area contributed by atoms with Crippen molar-refractivity contribution in [2.24, 2.45) is 0 Å². The summed E-state index contributed by atoms with van der Waals surface area (Å²) in [5.74, 6) is 0. The van der Waals surface area contributed by atoms with Gasteiger partial charge in [-0.05, 0) is 13.3 Å². The van der Waals surface area contributed by atoms with Gasteiger partial charge in [0.25, 0.3) is 0 Å². The highest BCUT2D eigenvalue weighted by atomic mass is 16.5. The molecule has 2 heteroatoms. The first kappa shape index (κ1) is 23.9. The van der Waals surface area contributed by atoms with E-state index in [1.807, 2.05) is 6.92 Å². The van der Waals surface area contributed by atoms with Crippen LogP contribution in [-0.4, -0.2) is 24.4 Å². The Kier molecular flexibility index (Phi) is 20.9. The van der Waals surface area contributed by atoms with Gasteiger partial charge in [-0.2, -0.15) is 0 Å². The highest BCUT2D eigenvalue weighted by Gasteiger charge is 2.03. The van der Waals surface area contributed by atoms with Crippen molar-refractivity contribution in [3.8, 4) is 0 Å². The third-order valence-electron chi connectivity index (χ3n) is 4.91. The molecule has 0 aliphatic rings. The summed E-state index contributed by atoms with van der Waals surface area (Å²) in [5, 5.41) is 9.67. The highest BCUT2D eigenvalue weighted by molar-refractivity contribution is 4.55. The molecule has 24 heavy (non-hydrogen) atoms. The molecule has 0 spiro atoms. The normalized spacial score (nSPS) is 12.6. The van der Waals surface area contributed by atoms with Gasteiger partial charge in [0.1, 0.15) is 0 Å². The first-order valence-electron chi connectivity index (χ1n) is 11.1. The van der Waals surface area contributed by atoms with Gasteiger partial charge >= 0.3 is 0 Å². The van der Waals surface area contributed by atoms with Gasteiger partial charge in [0.05, 0.1) is 12.7 Å². The molecule has 0 fully saturated rings. The fourth-order valence-corrected chi connectivity index (χ4v) is 3.27. The summed E-state index contributed by atoms with van der Waals surface area (Å²) in [6, 6.07) is 0. The maximum Gasteiger partial charge on any atom is 0.0773 e. The molecule has 0 radical (unpaired) electrons. The smallest absolute Gasteiger partial charge is 0.0773 e. The molecule has 0 aromatic carbocycles. The predicted molar refractivity (Wildman–Crippen MR) is 107 cm³/mol. The fraction of sp³-hybridized carbons (Fsp3) is 1.00. The Labute approximate surface area is 152 Å². The van der Waals surface area contributed by atoms with Crippen molar-refractivity contribution in [1.29, 1.82) is 0 Å². The molecule has 0 aromatic heterocycles. The van der Waals surface area contributed by atoms with E-state index in [4.69, 9.17) is 4.74 Å². The van der Waals surface area contributed by atoms with Crippen LogP contribution in [0.3, 0.4) is 0 Å². The number of aliphatic hydroxyl groups is 1. The summed E-state index contributed by atoms with van der Waals surface area (Å²) >= 11 is 0. The minimum Gasteiger partial charge on any atom is -0.391 e. The van der Waals surface area contributed by atoms with Gasteiger partial charge in [0.2, 0.25) is 0 Å². The van der Waals surface area contributed by atoms with E-state index < -0.39 is 0 Å². The number of hydrogen-bond donors (Lipinski definition) is 1. The Bertz CT molecular complexity index is 218. The highest BCUT2D eigenvalue weighted by Crippen LogP contribution is 2.14. The van der Waals surface area contributed by atoms with E-state index in [1.165, 1.54) is 96.3 Å². The van der Waals surface area contributed by atoms with Crippen LogP contribution in [0.1, 0.15) is 123 Å². The monoisotopic (exact) mass is 342 g/mol. The van der Waals surface area contributed by atoms with E-state index in [1.54, 1.807) is 0 Å². The Hall–Kier alpha value is -0.0800. The molecule has 146 valence electrons. The SMILES string of the molecule is CCCCCCCCCCCCCCCCCC[C@H](O)COCC. The average Bonchev–Trinajstić information content (AvgIpc) is 2.59. The Morgan fingerprint density at radius 3 is 1.33 bits per heavy atom.